The molecule has 0 aliphatic carbocycles. The minimum Gasteiger partial charge on any atom is -0.454 e. The fourth-order valence-corrected chi connectivity index (χ4v) is 1.92. The number of hydrogen-bond acceptors (Lipinski definition) is 4. The zero-order chi connectivity index (χ0) is 12.3. The molecule has 0 fully saturated rings. The Labute approximate surface area is 101 Å². The lowest BCUT2D eigenvalue weighted by Crippen LogP contribution is -2.35. The van der Waals surface area contributed by atoms with Gasteiger partial charge in [0.05, 0.1) is 6.04 Å². The van der Waals surface area contributed by atoms with E-state index in [1.54, 1.807) is 18.2 Å². The summed E-state index contributed by atoms with van der Waals surface area (Å²) in [5.41, 5.74) is 0.669. The number of benzene rings is 1. The number of ether oxygens (including phenoxy) is 2. The van der Waals surface area contributed by atoms with Gasteiger partial charge in [-0.2, -0.15) is 0 Å². The highest BCUT2D eigenvalue weighted by Gasteiger charge is 2.20. The molecular weight excluding hydrogens is 218 g/mol. The Morgan fingerprint density at radius 1 is 1.35 bits per heavy atom. The van der Waals surface area contributed by atoms with Crippen molar-refractivity contribution in [2.75, 3.05) is 13.3 Å². The summed E-state index contributed by atoms with van der Waals surface area (Å²) in [7, 11) is 0. The molecule has 92 valence electrons. The first-order chi connectivity index (χ1) is 8.26. The van der Waals surface area contributed by atoms with Crippen LogP contribution in [0.3, 0.4) is 0 Å². The molecule has 1 heterocycles. The Kier molecular flexibility index (Phi) is 3.64. The van der Waals surface area contributed by atoms with Crippen molar-refractivity contribution in [1.82, 2.24) is 5.32 Å². The summed E-state index contributed by atoms with van der Waals surface area (Å²) in [6.07, 6.45) is 0.779. The average molecular weight is 235 g/mol. The number of fused-ring (bicyclic) bond motifs is 1. The number of carbonyl (C=O) groups is 1. The van der Waals surface area contributed by atoms with Crippen LogP contribution in [0.15, 0.2) is 18.2 Å². The number of ketones is 1. The van der Waals surface area contributed by atoms with E-state index in [0.717, 1.165) is 13.0 Å². The molecule has 0 unspecified atom stereocenters. The van der Waals surface area contributed by atoms with Crippen LogP contribution in [0.25, 0.3) is 0 Å². The van der Waals surface area contributed by atoms with Crippen molar-refractivity contribution >= 4 is 5.78 Å². The van der Waals surface area contributed by atoms with Crippen molar-refractivity contribution in [2.45, 2.75) is 26.3 Å². The maximum absolute atomic E-state index is 12.2. The lowest BCUT2D eigenvalue weighted by atomic mass is 10.0. The molecule has 0 amide bonds. The maximum atomic E-state index is 12.2. The normalized spacial score (nSPS) is 14.7. The first-order valence-electron chi connectivity index (χ1n) is 5.93. The summed E-state index contributed by atoms with van der Waals surface area (Å²) in [6.45, 7) is 5.01. The summed E-state index contributed by atoms with van der Waals surface area (Å²) in [6, 6.07) is 5.20. The van der Waals surface area contributed by atoms with E-state index in [2.05, 4.69) is 5.32 Å². The molecule has 1 aromatic rings. The van der Waals surface area contributed by atoms with E-state index in [1.807, 2.05) is 13.8 Å². The molecule has 0 saturated carbocycles. The summed E-state index contributed by atoms with van der Waals surface area (Å²) >= 11 is 0. The molecule has 1 atom stereocenters. The Bertz CT molecular complexity index is 417. The van der Waals surface area contributed by atoms with Crippen molar-refractivity contribution in [1.29, 1.82) is 0 Å². The molecule has 17 heavy (non-hydrogen) atoms. The van der Waals surface area contributed by atoms with Gasteiger partial charge in [0, 0.05) is 5.56 Å². The Morgan fingerprint density at radius 2 is 2.12 bits per heavy atom. The van der Waals surface area contributed by atoms with Gasteiger partial charge in [-0.1, -0.05) is 13.8 Å². The third-order valence-corrected chi connectivity index (χ3v) is 2.83. The minimum atomic E-state index is -0.125. The van der Waals surface area contributed by atoms with Crippen molar-refractivity contribution in [3.05, 3.63) is 23.8 Å². The van der Waals surface area contributed by atoms with E-state index in [1.165, 1.54) is 0 Å². The first kappa shape index (κ1) is 11.9. The highest BCUT2D eigenvalue weighted by Crippen LogP contribution is 2.32. The second kappa shape index (κ2) is 5.19. The summed E-state index contributed by atoms with van der Waals surface area (Å²) < 4.78 is 10.5. The molecule has 1 aliphatic rings. The largest absolute Gasteiger partial charge is 0.454 e. The van der Waals surface area contributed by atoms with Crippen LogP contribution in [0.5, 0.6) is 11.5 Å². The Balaban J connectivity index is 2.19. The molecule has 1 aromatic carbocycles. The van der Waals surface area contributed by atoms with Crippen molar-refractivity contribution in [2.24, 2.45) is 0 Å². The molecule has 1 aliphatic heterocycles. The Hall–Kier alpha value is -1.55. The third kappa shape index (κ3) is 2.42. The quantitative estimate of drug-likeness (QED) is 0.793. The van der Waals surface area contributed by atoms with E-state index in [9.17, 15) is 4.79 Å². The predicted molar refractivity (Wildman–Crippen MR) is 64.7 cm³/mol. The molecule has 4 heteroatoms. The second-order valence-corrected chi connectivity index (χ2v) is 3.95. The van der Waals surface area contributed by atoms with Crippen molar-refractivity contribution in [3.63, 3.8) is 0 Å². The van der Waals surface area contributed by atoms with Crippen LogP contribution in [0, 0.1) is 0 Å². The number of rotatable bonds is 5. The summed E-state index contributed by atoms with van der Waals surface area (Å²) in [5.74, 6) is 1.47. The Morgan fingerprint density at radius 3 is 2.82 bits per heavy atom. The van der Waals surface area contributed by atoms with Gasteiger partial charge in [0.1, 0.15) is 0 Å². The van der Waals surface area contributed by atoms with Gasteiger partial charge in [-0.3, -0.25) is 4.79 Å². The fourth-order valence-electron chi connectivity index (χ4n) is 1.92. The van der Waals surface area contributed by atoms with Crippen molar-refractivity contribution in [3.8, 4) is 11.5 Å². The highest BCUT2D eigenvalue weighted by atomic mass is 16.7. The standard InChI is InChI=1S/C13H17NO3/c1-3-10(14-4-2)13(15)9-5-6-11-12(7-9)17-8-16-11/h5-7,10,14H,3-4,8H2,1-2H3/t10-/m1/s1. The van der Waals surface area contributed by atoms with Gasteiger partial charge < -0.3 is 14.8 Å². The van der Waals surface area contributed by atoms with Gasteiger partial charge in [0.15, 0.2) is 17.3 Å². The van der Waals surface area contributed by atoms with Gasteiger partial charge in [0.2, 0.25) is 6.79 Å². The number of Topliss-reactive ketones (excluding diaryl/α,β-unsaturated/α-hetero) is 1. The van der Waals surface area contributed by atoms with Crippen LogP contribution in [-0.4, -0.2) is 25.2 Å². The minimum absolute atomic E-state index is 0.104. The maximum Gasteiger partial charge on any atom is 0.231 e. The lowest BCUT2D eigenvalue weighted by Gasteiger charge is -2.14. The monoisotopic (exact) mass is 235 g/mol. The van der Waals surface area contributed by atoms with E-state index in [0.29, 0.717) is 17.1 Å². The predicted octanol–water partition coefficient (Wildman–Crippen LogP) is 1.99. The molecule has 1 N–H and O–H groups in total. The molecule has 4 nitrogen and oxygen atoms in total. The number of hydrogen-bond donors (Lipinski definition) is 1. The van der Waals surface area contributed by atoms with Crippen LogP contribution in [0.1, 0.15) is 30.6 Å². The summed E-state index contributed by atoms with van der Waals surface area (Å²) in [5, 5.41) is 3.18. The fraction of sp³-hybridized carbons (Fsp3) is 0.462. The molecule has 0 radical (unpaired) electrons. The third-order valence-electron chi connectivity index (χ3n) is 2.83. The molecule has 0 bridgehead atoms. The van der Waals surface area contributed by atoms with Crippen LogP contribution >= 0.6 is 0 Å². The SMILES string of the molecule is CCN[C@H](CC)C(=O)c1ccc2c(c1)OCO2. The number of nitrogens with one attached hydrogen (secondary N) is 1. The summed E-state index contributed by atoms with van der Waals surface area (Å²) in [4.78, 5) is 12.2. The van der Waals surface area contributed by atoms with Gasteiger partial charge in [-0.25, -0.2) is 0 Å². The molecule has 2 rings (SSSR count). The van der Waals surface area contributed by atoms with Crippen molar-refractivity contribution < 1.29 is 14.3 Å². The van der Waals surface area contributed by atoms with Gasteiger partial charge in [-0.15, -0.1) is 0 Å². The lowest BCUT2D eigenvalue weighted by molar-refractivity contribution is 0.0941. The topological polar surface area (TPSA) is 47.6 Å². The number of likely N-dealkylation sites (N-methyl/N-ethyl adjacent to an activating group) is 1. The first-order valence-corrected chi connectivity index (χ1v) is 5.93. The molecular formula is C13H17NO3. The van der Waals surface area contributed by atoms with Gasteiger partial charge in [-0.05, 0) is 31.2 Å². The smallest absolute Gasteiger partial charge is 0.231 e. The number of carbonyl (C=O) groups excluding carboxylic acids is 1. The van der Waals surface area contributed by atoms with Crippen LogP contribution in [0.2, 0.25) is 0 Å². The molecule has 0 spiro atoms. The van der Waals surface area contributed by atoms with E-state index < -0.39 is 0 Å². The highest BCUT2D eigenvalue weighted by molar-refractivity contribution is 6.00. The van der Waals surface area contributed by atoms with E-state index in [4.69, 9.17) is 9.47 Å². The molecule has 0 aromatic heterocycles. The zero-order valence-corrected chi connectivity index (χ0v) is 10.2. The zero-order valence-electron chi connectivity index (χ0n) is 10.2. The average Bonchev–Trinajstić information content (AvgIpc) is 2.82. The van der Waals surface area contributed by atoms with Crippen LogP contribution in [0.4, 0.5) is 0 Å². The van der Waals surface area contributed by atoms with Crippen LogP contribution < -0.4 is 14.8 Å². The second-order valence-electron chi connectivity index (χ2n) is 3.95. The van der Waals surface area contributed by atoms with Crippen LogP contribution in [-0.2, 0) is 0 Å². The van der Waals surface area contributed by atoms with E-state index in [-0.39, 0.29) is 18.6 Å². The van der Waals surface area contributed by atoms with E-state index >= 15 is 0 Å². The molecule has 0 saturated heterocycles. The van der Waals surface area contributed by atoms with Gasteiger partial charge in [0.25, 0.3) is 0 Å². The van der Waals surface area contributed by atoms with Gasteiger partial charge >= 0.3 is 0 Å².